The Morgan fingerprint density at radius 3 is 2.94 bits per heavy atom. The van der Waals surface area contributed by atoms with Gasteiger partial charge in [-0.2, -0.15) is 0 Å². The van der Waals surface area contributed by atoms with Crippen LogP contribution in [0.1, 0.15) is 36.0 Å². The first-order valence-corrected chi connectivity index (χ1v) is 6.33. The van der Waals surface area contributed by atoms with Gasteiger partial charge >= 0.3 is 0 Å². The molecule has 1 aromatic heterocycles. The lowest BCUT2D eigenvalue weighted by Gasteiger charge is -2.12. The van der Waals surface area contributed by atoms with Crippen molar-refractivity contribution in [3.05, 3.63) is 23.3 Å². The predicted octanol–water partition coefficient (Wildman–Crippen LogP) is 1.13. The largest absolute Gasteiger partial charge is 0.396 e. The average Bonchev–Trinajstić information content (AvgIpc) is 2.72. The molecule has 94 valence electrons. The maximum Gasteiger partial charge on any atom is 0.128 e. The van der Waals surface area contributed by atoms with Gasteiger partial charge in [-0.3, -0.25) is 0 Å². The number of hydrogen-bond donors (Lipinski definition) is 1. The topological polar surface area (TPSA) is 49.2 Å². The van der Waals surface area contributed by atoms with E-state index in [1.807, 2.05) is 6.92 Å². The molecule has 0 saturated carbocycles. The Morgan fingerprint density at radius 1 is 1.47 bits per heavy atom. The molecule has 0 bridgehead atoms. The molecule has 1 unspecified atom stereocenters. The molecule has 0 spiro atoms. The molecule has 0 aliphatic carbocycles. The van der Waals surface area contributed by atoms with E-state index >= 15 is 0 Å². The van der Waals surface area contributed by atoms with E-state index in [4.69, 9.17) is 5.11 Å². The number of nitrogens with zero attached hydrogens (tertiary/aromatic N) is 3. The summed E-state index contributed by atoms with van der Waals surface area (Å²) in [6, 6.07) is 2.10. The number of rotatable bonds is 4. The first kappa shape index (κ1) is 12.5. The quantitative estimate of drug-likeness (QED) is 0.850. The minimum absolute atomic E-state index is 0.207. The zero-order valence-electron chi connectivity index (χ0n) is 10.7. The van der Waals surface area contributed by atoms with Gasteiger partial charge < -0.3 is 10.0 Å². The van der Waals surface area contributed by atoms with Crippen LogP contribution in [0.25, 0.3) is 0 Å². The molecule has 0 aromatic carbocycles. The monoisotopic (exact) mass is 235 g/mol. The number of aliphatic hydroxyl groups excluding tert-OH is 1. The minimum atomic E-state index is 0.207. The second kappa shape index (κ2) is 5.56. The summed E-state index contributed by atoms with van der Waals surface area (Å²) < 4.78 is 0. The highest BCUT2D eigenvalue weighted by Gasteiger charge is 2.22. The van der Waals surface area contributed by atoms with Crippen molar-refractivity contribution in [2.45, 2.75) is 32.1 Å². The van der Waals surface area contributed by atoms with E-state index < -0.39 is 0 Å². The fourth-order valence-corrected chi connectivity index (χ4v) is 2.39. The van der Waals surface area contributed by atoms with Crippen LogP contribution in [0.3, 0.4) is 0 Å². The number of aryl methyl sites for hydroxylation is 2. The van der Waals surface area contributed by atoms with Crippen LogP contribution in [0.5, 0.6) is 0 Å². The second-order valence-electron chi connectivity index (χ2n) is 4.93. The Labute approximate surface area is 103 Å². The third-order valence-electron chi connectivity index (χ3n) is 3.29. The molecule has 1 atom stereocenters. The molecule has 1 aromatic rings. The van der Waals surface area contributed by atoms with Crippen molar-refractivity contribution >= 4 is 0 Å². The number of likely N-dealkylation sites (tertiary alicyclic amines) is 1. The van der Waals surface area contributed by atoms with Gasteiger partial charge in [-0.15, -0.1) is 0 Å². The van der Waals surface area contributed by atoms with Gasteiger partial charge in [-0.05, 0) is 39.4 Å². The lowest BCUT2D eigenvalue weighted by Crippen LogP contribution is -2.14. The fourth-order valence-electron chi connectivity index (χ4n) is 2.39. The Balaban J connectivity index is 2.13. The minimum Gasteiger partial charge on any atom is -0.396 e. The zero-order valence-corrected chi connectivity index (χ0v) is 10.7. The van der Waals surface area contributed by atoms with Crippen LogP contribution in [0.4, 0.5) is 0 Å². The second-order valence-corrected chi connectivity index (χ2v) is 4.93. The van der Waals surface area contributed by atoms with Crippen molar-refractivity contribution in [1.29, 1.82) is 0 Å². The molecule has 1 aliphatic rings. The summed E-state index contributed by atoms with van der Waals surface area (Å²) in [4.78, 5) is 11.4. The van der Waals surface area contributed by atoms with Crippen molar-refractivity contribution < 1.29 is 5.11 Å². The van der Waals surface area contributed by atoms with E-state index in [1.54, 1.807) is 0 Å². The van der Waals surface area contributed by atoms with Gasteiger partial charge in [0.1, 0.15) is 5.82 Å². The summed E-state index contributed by atoms with van der Waals surface area (Å²) in [7, 11) is 2.15. The highest BCUT2D eigenvalue weighted by atomic mass is 16.2. The van der Waals surface area contributed by atoms with Gasteiger partial charge in [0.25, 0.3) is 0 Å². The zero-order chi connectivity index (χ0) is 12.3. The van der Waals surface area contributed by atoms with Gasteiger partial charge in [0.2, 0.25) is 0 Å². The van der Waals surface area contributed by atoms with E-state index in [9.17, 15) is 0 Å². The molecule has 17 heavy (non-hydrogen) atoms. The molecule has 0 radical (unpaired) electrons. The third-order valence-corrected chi connectivity index (χ3v) is 3.29. The first-order valence-electron chi connectivity index (χ1n) is 6.33. The molecular formula is C13H21N3O. The van der Waals surface area contributed by atoms with Crippen LogP contribution < -0.4 is 0 Å². The molecule has 1 saturated heterocycles. The highest BCUT2D eigenvalue weighted by Crippen LogP contribution is 2.25. The van der Waals surface area contributed by atoms with Crippen LogP contribution in [-0.4, -0.2) is 46.7 Å². The van der Waals surface area contributed by atoms with Crippen molar-refractivity contribution in [1.82, 2.24) is 14.9 Å². The molecule has 0 amide bonds. The Hall–Kier alpha value is -1.00. The summed E-state index contributed by atoms with van der Waals surface area (Å²) in [6.07, 6.45) is 2.70. The number of aromatic nitrogens is 2. The molecule has 1 aliphatic heterocycles. The van der Waals surface area contributed by atoms with E-state index in [0.29, 0.717) is 5.92 Å². The fraction of sp³-hybridized carbons (Fsp3) is 0.692. The van der Waals surface area contributed by atoms with Crippen molar-refractivity contribution in [3.63, 3.8) is 0 Å². The van der Waals surface area contributed by atoms with Gasteiger partial charge in [0, 0.05) is 36.9 Å². The van der Waals surface area contributed by atoms with Gasteiger partial charge in [0.05, 0.1) is 0 Å². The predicted molar refractivity (Wildman–Crippen MR) is 67.0 cm³/mol. The summed E-state index contributed by atoms with van der Waals surface area (Å²) in [5.41, 5.74) is 2.22. The van der Waals surface area contributed by atoms with Gasteiger partial charge in [-0.25, -0.2) is 9.97 Å². The van der Waals surface area contributed by atoms with Crippen LogP contribution in [0.2, 0.25) is 0 Å². The van der Waals surface area contributed by atoms with E-state index in [1.165, 1.54) is 12.1 Å². The molecule has 2 heterocycles. The number of likely N-dealkylation sites (N-methyl/N-ethyl adjacent to an activating group) is 1. The van der Waals surface area contributed by atoms with E-state index in [2.05, 4.69) is 28.0 Å². The van der Waals surface area contributed by atoms with Crippen molar-refractivity contribution in [2.24, 2.45) is 0 Å². The van der Waals surface area contributed by atoms with Gasteiger partial charge in [0.15, 0.2) is 0 Å². The third kappa shape index (κ3) is 3.23. The summed E-state index contributed by atoms with van der Waals surface area (Å²) >= 11 is 0. The van der Waals surface area contributed by atoms with Crippen LogP contribution in [-0.2, 0) is 6.42 Å². The SMILES string of the molecule is Cc1cc(C2CCN(C)C2)nc(CCCO)n1. The summed E-state index contributed by atoms with van der Waals surface area (Å²) in [5.74, 6) is 1.43. The molecule has 4 heteroatoms. The Bertz CT molecular complexity index is 381. The maximum atomic E-state index is 8.85. The normalized spacial score (nSPS) is 21.0. The Morgan fingerprint density at radius 2 is 2.29 bits per heavy atom. The smallest absolute Gasteiger partial charge is 0.128 e. The average molecular weight is 235 g/mol. The highest BCUT2D eigenvalue weighted by molar-refractivity contribution is 5.16. The van der Waals surface area contributed by atoms with Crippen LogP contribution in [0, 0.1) is 6.92 Å². The number of aliphatic hydroxyl groups is 1. The van der Waals surface area contributed by atoms with Crippen LogP contribution in [0.15, 0.2) is 6.07 Å². The first-order chi connectivity index (χ1) is 8.19. The molecule has 1 N–H and O–H groups in total. The van der Waals surface area contributed by atoms with Crippen LogP contribution >= 0.6 is 0 Å². The molecule has 1 fully saturated rings. The summed E-state index contributed by atoms with van der Waals surface area (Å²) in [6.45, 7) is 4.47. The molecular weight excluding hydrogens is 214 g/mol. The molecule has 2 rings (SSSR count). The van der Waals surface area contributed by atoms with Crippen molar-refractivity contribution in [3.8, 4) is 0 Å². The lowest BCUT2D eigenvalue weighted by atomic mass is 10.0. The van der Waals surface area contributed by atoms with E-state index in [0.717, 1.165) is 37.4 Å². The van der Waals surface area contributed by atoms with E-state index in [-0.39, 0.29) is 6.61 Å². The maximum absolute atomic E-state index is 8.85. The Kier molecular flexibility index (Phi) is 4.07. The molecule has 4 nitrogen and oxygen atoms in total. The summed E-state index contributed by atoms with van der Waals surface area (Å²) in [5, 5.41) is 8.85. The number of hydrogen-bond acceptors (Lipinski definition) is 4. The standard InChI is InChI=1S/C13H21N3O/c1-10-8-12(11-5-6-16(2)9-11)15-13(14-10)4-3-7-17/h8,11,17H,3-7,9H2,1-2H3. The van der Waals surface area contributed by atoms with Gasteiger partial charge in [-0.1, -0.05) is 0 Å². The van der Waals surface area contributed by atoms with Crippen molar-refractivity contribution in [2.75, 3.05) is 26.7 Å². The lowest BCUT2D eigenvalue weighted by molar-refractivity contribution is 0.287.